The molecule has 7 heteroatoms. The molecule has 0 atom stereocenters. The number of nitrogens with one attached hydrogen (secondary N) is 1. The first-order valence-corrected chi connectivity index (χ1v) is 7.21. The first-order chi connectivity index (χ1) is 10.5. The van der Waals surface area contributed by atoms with Gasteiger partial charge in [-0.1, -0.05) is 6.07 Å². The number of hydrogen-bond donors (Lipinski definition) is 1. The molecule has 2 rings (SSSR count). The molecule has 22 heavy (non-hydrogen) atoms. The number of ether oxygens (including phenoxy) is 2. The Morgan fingerprint density at radius 1 is 1.09 bits per heavy atom. The molecule has 1 aromatic rings. The molecule has 0 aromatic heterocycles. The molecular weight excluding hydrogens is 297 g/mol. The van der Waals surface area contributed by atoms with Crippen LogP contribution in [0.3, 0.4) is 0 Å². The van der Waals surface area contributed by atoms with Crippen LogP contribution in [0, 0.1) is 0 Å². The number of methoxy groups -OCH3 is 2. The van der Waals surface area contributed by atoms with Gasteiger partial charge in [0.15, 0.2) is 11.5 Å². The third-order valence-corrected chi connectivity index (χ3v) is 3.81. The molecule has 4 nitrogen and oxygen atoms in total. The van der Waals surface area contributed by atoms with Crippen LogP contribution in [0.5, 0.6) is 11.5 Å². The topological polar surface area (TPSA) is 33.7 Å². The van der Waals surface area contributed by atoms with Crippen molar-refractivity contribution < 1.29 is 22.6 Å². The first-order valence-electron chi connectivity index (χ1n) is 7.21. The van der Waals surface area contributed by atoms with Crippen LogP contribution in [0.15, 0.2) is 12.1 Å². The maximum Gasteiger partial charge on any atom is 0.420 e. The second-order valence-corrected chi connectivity index (χ2v) is 5.18. The fourth-order valence-electron chi connectivity index (χ4n) is 2.66. The van der Waals surface area contributed by atoms with Crippen molar-refractivity contribution in [2.24, 2.45) is 0 Å². The van der Waals surface area contributed by atoms with Crippen molar-refractivity contribution >= 4 is 0 Å². The minimum absolute atomic E-state index is 0.174. The van der Waals surface area contributed by atoms with Gasteiger partial charge in [0.2, 0.25) is 0 Å². The van der Waals surface area contributed by atoms with E-state index < -0.39 is 11.7 Å². The van der Waals surface area contributed by atoms with E-state index in [-0.39, 0.29) is 11.5 Å². The molecule has 0 spiro atoms. The zero-order valence-corrected chi connectivity index (χ0v) is 12.8. The summed E-state index contributed by atoms with van der Waals surface area (Å²) in [5.41, 5.74) is -0.0799. The highest BCUT2D eigenvalue weighted by atomic mass is 19.4. The lowest BCUT2D eigenvalue weighted by atomic mass is 10.0. The molecule has 0 aliphatic carbocycles. The van der Waals surface area contributed by atoms with Crippen molar-refractivity contribution in [3.05, 3.63) is 23.3 Å². The summed E-state index contributed by atoms with van der Waals surface area (Å²) < 4.78 is 49.2. The number of benzene rings is 1. The van der Waals surface area contributed by atoms with Gasteiger partial charge >= 0.3 is 6.18 Å². The molecule has 1 aliphatic rings. The summed E-state index contributed by atoms with van der Waals surface area (Å²) in [4.78, 5) is 2.28. The molecule has 0 radical (unpaired) electrons. The Hall–Kier alpha value is -1.47. The molecule has 0 bridgehead atoms. The van der Waals surface area contributed by atoms with Crippen molar-refractivity contribution in [2.75, 3.05) is 46.9 Å². The number of alkyl halides is 3. The number of hydrogen-bond acceptors (Lipinski definition) is 4. The molecule has 1 saturated heterocycles. The van der Waals surface area contributed by atoms with Crippen LogP contribution in [-0.2, 0) is 12.6 Å². The molecule has 1 aromatic carbocycles. The summed E-state index contributed by atoms with van der Waals surface area (Å²) in [5, 5.41) is 3.27. The number of piperazine rings is 1. The molecular formula is C15H21F3N2O2. The molecule has 124 valence electrons. The summed E-state index contributed by atoms with van der Waals surface area (Å²) in [7, 11) is 2.60. The largest absolute Gasteiger partial charge is 0.493 e. The predicted molar refractivity (Wildman–Crippen MR) is 77.6 cm³/mol. The number of rotatable bonds is 5. The summed E-state index contributed by atoms with van der Waals surface area (Å²) in [5.74, 6) is -0.0692. The Morgan fingerprint density at radius 2 is 1.73 bits per heavy atom. The normalized spacial score (nSPS) is 16.6. The Labute approximate surface area is 128 Å². The highest BCUT2D eigenvalue weighted by Gasteiger charge is 2.36. The number of nitrogens with zero attached hydrogens (tertiary/aromatic N) is 1. The van der Waals surface area contributed by atoms with E-state index in [2.05, 4.69) is 10.2 Å². The minimum Gasteiger partial charge on any atom is -0.493 e. The van der Waals surface area contributed by atoms with Gasteiger partial charge in [-0.3, -0.25) is 0 Å². The summed E-state index contributed by atoms with van der Waals surface area (Å²) in [6, 6.07) is 2.54. The second kappa shape index (κ2) is 7.19. The van der Waals surface area contributed by atoms with E-state index in [0.29, 0.717) is 6.42 Å². The second-order valence-electron chi connectivity index (χ2n) is 5.18. The zero-order chi connectivity index (χ0) is 16.2. The van der Waals surface area contributed by atoms with Crippen LogP contribution in [0.4, 0.5) is 13.2 Å². The van der Waals surface area contributed by atoms with Gasteiger partial charge < -0.3 is 19.7 Å². The third kappa shape index (κ3) is 3.84. The van der Waals surface area contributed by atoms with Gasteiger partial charge in [-0.15, -0.1) is 0 Å². The Balaban J connectivity index is 2.20. The zero-order valence-electron chi connectivity index (χ0n) is 12.8. The maximum atomic E-state index is 13.0. The van der Waals surface area contributed by atoms with E-state index in [1.165, 1.54) is 20.3 Å². The highest BCUT2D eigenvalue weighted by Crippen LogP contribution is 2.43. The Morgan fingerprint density at radius 3 is 2.27 bits per heavy atom. The SMILES string of the molecule is COc1c(CCN2CCNCC2)ccc(C(F)(F)F)c1OC. The average molecular weight is 318 g/mol. The monoisotopic (exact) mass is 318 g/mol. The lowest BCUT2D eigenvalue weighted by Gasteiger charge is -2.27. The van der Waals surface area contributed by atoms with E-state index in [1.807, 2.05) is 0 Å². The van der Waals surface area contributed by atoms with Crippen LogP contribution < -0.4 is 14.8 Å². The minimum atomic E-state index is -4.46. The lowest BCUT2D eigenvalue weighted by molar-refractivity contribution is -0.138. The summed E-state index contributed by atoms with van der Waals surface area (Å²) in [6.45, 7) is 4.55. The van der Waals surface area contributed by atoms with E-state index in [1.54, 1.807) is 0 Å². The van der Waals surface area contributed by atoms with Gasteiger partial charge in [-0.05, 0) is 18.1 Å². The summed E-state index contributed by atoms with van der Waals surface area (Å²) in [6.07, 6.45) is -3.84. The molecule has 1 heterocycles. The van der Waals surface area contributed by atoms with E-state index >= 15 is 0 Å². The van der Waals surface area contributed by atoms with Crippen molar-refractivity contribution in [1.29, 1.82) is 0 Å². The van der Waals surface area contributed by atoms with Crippen LogP contribution in [0.1, 0.15) is 11.1 Å². The maximum absolute atomic E-state index is 13.0. The standard InChI is InChI=1S/C15H21F3N2O2/c1-21-13-11(5-8-20-9-6-19-7-10-20)3-4-12(14(13)22-2)15(16,17)18/h3-4,19H,5-10H2,1-2H3. The van der Waals surface area contributed by atoms with Gasteiger partial charge in [-0.2, -0.15) is 13.2 Å². The predicted octanol–water partition coefficient (Wildman–Crippen LogP) is 2.17. The smallest absolute Gasteiger partial charge is 0.420 e. The average Bonchev–Trinajstić information content (AvgIpc) is 2.51. The molecule has 0 saturated carbocycles. The molecule has 1 N–H and O–H groups in total. The van der Waals surface area contributed by atoms with Crippen molar-refractivity contribution in [1.82, 2.24) is 10.2 Å². The van der Waals surface area contributed by atoms with Crippen molar-refractivity contribution in [3.63, 3.8) is 0 Å². The Bertz CT molecular complexity index is 500. The van der Waals surface area contributed by atoms with Crippen LogP contribution in [-0.4, -0.2) is 51.8 Å². The van der Waals surface area contributed by atoms with E-state index in [4.69, 9.17) is 9.47 Å². The van der Waals surface area contributed by atoms with E-state index in [9.17, 15) is 13.2 Å². The van der Waals surface area contributed by atoms with Gasteiger partial charge in [0.05, 0.1) is 14.2 Å². The quantitative estimate of drug-likeness (QED) is 0.902. The molecule has 0 unspecified atom stereocenters. The van der Waals surface area contributed by atoms with Gasteiger partial charge in [-0.25, -0.2) is 0 Å². The van der Waals surface area contributed by atoms with Crippen LogP contribution >= 0.6 is 0 Å². The van der Waals surface area contributed by atoms with Crippen molar-refractivity contribution in [3.8, 4) is 11.5 Å². The summed E-state index contributed by atoms with van der Waals surface area (Å²) >= 11 is 0. The van der Waals surface area contributed by atoms with E-state index in [0.717, 1.165) is 44.4 Å². The van der Waals surface area contributed by atoms with Crippen molar-refractivity contribution in [2.45, 2.75) is 12.6 Å². The van der Waals surface area contributed by atoms with Crippen LogP contribution in [0.25, 0.3) is 0 Å². The molecule has 1 aliphatic heterocycles. The van der Waals surface area contributed by atoms with Gasteiger partial charge in [0.25, 0.3) is 0 Å². The molecule has 1 fully saturated rings. The van der Waals surface area contributed by atoms with Gasteiger partial charge in [0, 0.05) is 32.7 Å². The van der Waals surface area contributed by atoms with Gasteiger partial charge in [0.1, 0.15) is 5.56 Å². The number of halogens is 3. The first kappa shape index (κ1) is 16.9. The fraction of sp³-hybridized carbons (Fsp3) is 0.600. The highest BCUT2D eigenvalue weighted by molar-refractivity contribution is 5.53. The lowest BCUT2D eigenvalue weighted by Crippen LogP contribution is -2.44. The fourth-order valence-corrected chi connectivity index (χ4v) is 2.66. The molecule has 0 amide bonds. The van der Waals surface area contributed by atoms with Crippen LogP contribution in [0.2, 0.25) is 0 Å². The third-order valence-electron chi connectivity index (χ3n) is 3.81. The Kier molecular flexibility index (Phi) is 5.52.